The van der Waals surface area contributed by atoms with Crippen LogP contribution in [-0.4, -0.2) is 39.4 Å². The van der Waals surface area contributed by atoms with E-state index in [-0.39, 0.29) is 17.8 Å². The molecule has 0 N–H and O–H groups in total. The summed E-state index contributed by atoms with van der Waals surface area (Å²) in [7, 11) is 2.63. The molecule has 0 amide bonds. The normalized spacial score (nSPS) is 14.1. The molecule has 2 aromatic rings. The molecule has 0 saturated carbocycles. The molecule has 0 bridgehead atoms. The van der Waals surface area contributed by atoms with Crippen LogP contribution in [0.5, 0.6) is 0 Å². The summed E-state index contributed by atoms with van der Waals surface area (Å²) in [4.78, 5) is 29.1. The first kappa shape index (κ1) is 19.5. The van der Waals surface area contributed by atoms with Crippen molar-refractivity contribution in [3.8, 4) is 0 Å². The highest BCUT2D eigenvalue weighted by Crippen LogP contribution is 2.33. The van der Waals surface area contributed by atoms with E-state index in [2.05, 4.69) is 4.90 Å². The number of ether oxygens (including phenoxy) is 2. The number of benzene rings is 2. The number of methoxy groups -OCH3 is 2. The summed E-state index contributed by atoms with van der Waals surface area (Å²) in [6.07, 6.45) is 0. The Bertz CT molecular complexity index is 936. The summed E-state index contributed by atoms with van der Waals surface area (Å²) in [6, 6.07) is 15.7. The number of carbonyl (C=O) groups excluding carboxylic acids is 2. The molecule has 1 heterocycles. The third-order valence-corrected chi connectivity index (χ3v) is 4.89. The van der Waals surface area contributed by atoms with Gasteiger partial charge in [0, 0.05) is 11.4 Å². The van der Waals surface area contributed by atoms with Gasteiger partial charge in [0.2, 0.25) is 0 Å². The number of nitrogens with zero attached hydrogens (tertiary/aromatic N) is 2. The first-order valence-electron chi connectivity index (χ1n) is 9.01. The van der Waals surface area contributed by atoms with Crippen LogP contribution in [0.3, 0.4) is 0 Å². The number of hydrogen-bond acceptors (Lipinski definition) is 6. The van der Waals surface area contributed by atoms with Crippen LogP contribution >= 0.6 is 0 Å². The maximum absolute atomic E-state index is 12.7. The van der Waals surface area contributed by atoms with E-state index in [0.29, 0.717) is 6.67 Å². The summed E-state index contributed by atoms with van der Waals surface area (Å²) >= 11 is 0. The first-order valence-corrected chi connectivity index (χ1v) is 9.01. The molecule has 1 aliphatic heterocycles. The number of hydrogen-bond donors (Lipinski definition) is 0. The number of para-hydroxylation sites is 2. The molecule has 3 rings (SSSR count). The van der Waals surface area contributed by atoms with E-state index in [0.717, 1.165) is 22.5 Å². The summed E-state index contributed by atoms with van der Waals surface area (Å²) in [6.45, 7) is 4.64. The molecule has 6 heteroatoms. The molecule has 2 aromatic carbocycles. The van der Waals surface area contributed by atoms with Gasteiger partial charge in [-0.25, -0.2) is 9.59 Å². The number of esters is 2. The molecule has 28 heavy (non-hydrogen) atoms. The van der Waals surface area contributed by atoms with Crippen molar-refractivity contribution < 1.29 is 19.1 Å². The average Bonchev–Trinajstić information content (AvgIpc) is 2.72. The maximum Gasteiger partial charge on any atom is 0.355 e. The zero-order valence-electron chi connectivity index (χ0n) is 16.6. The SMILES string of the molecule is COC(=O)C1=C(C(=O)OC)N(c2ccccc2C)CN(c2ccccc2C)C1. The van der Waals surface area contributed by atoms with Crippen molar-refractivity contribution in [2.75, 3.05) is 37.2 Å². The predicted molar refractivity (Wildman–Crippen MR) is 108 cm³/mol. The van der Waals surface area contributed by atoms with E-state index in [9.17, 15) is 9.59 Å². The first-order chi connectivity index (χ1) is 13.5. The Morgan fingerprint density at radius 1 is 0.821 bits per heavy atom. The Kier molecular flexibility index (Phi) is 5.68. The molecule has 146 valence electrons. The zero-order chi connectivity index (χ0) is 20.3. The van der Waals surface area contributed by atoms with Crippen molar-refractivity contribution in [2.45, 2.75) is 13.8 Å². The van der Waals surface area contributed by atoms with Gasteiger partial charge in [0.1, 0.15) is 5.70 Å². The Hall–Kier alpha value is -3.28. The van der Waals surface area contributed by atoms with Gasteiger partial charge in [-0.3, -0.25) is 0 Å². The quantitative estimate of drug-likeness (QED) is 0.760. The predicted octanol–water partition coefficient (Wildman–Crippen LogP) is 3.19. The average molecular weight is 380 g/mol. The molecular weight excluding hydrogens is 356 g/mol. The van der Waals surface area contributed by atoms with Crippen molar-refractivity contribution in [2.24, 2.45) is 0 Å². The number of aryl methyl sites for hydroxylation is 2. The fourth-order valence-electron chi connectivity index (χ4n) is 3.48. The second-order valence-corrected chi connectivity index (χ2v) is 6.65. The molecule has 0 fully saturated rings. The molecule has 0 radical (unpaired) electrons. The number of rotatable bonds is 4. The lowest BCUT2D eigenvalue weighted by Gasteiger charge is -2.40. The molecule has 0 unspecified atom stereocenters. The highest BCUT2D eigenvalue weighted by Gasteiger charge is 2.35. The minimum Gasteiger partial charge on any atom is -0.466 e. The third-order valence-electron chi connectivity index (χ3n) is 4.89. The third kappa shape index (κ3) is 3.58. The van der Waals surface area contributed by atoms with Crippen LogP contribution < -0.4 is 9.80 Å². The van der Waals surface area contributed by atoms with E-state index in [1.165, 1.54) is 14.2 Å². The maximum atomic E-state index is 12.7. The monoisotopic (exact) mass is 380 g/mol. The van der Waals surface area contributed by atoms with Gasteiger partial charge >= 0.3 is 11.9 Å². The van der Waals surface area contributed by atoms with Crippen molar-refractivity contribution in [3.05, 3.63) is 70.9 Å². The highest BCUT2D eigenvalue weighted by molar-refractivity contribution is 6.04. The van der Waals surface area contributed by atoms with Gasteiger partial charge in [-0.1, -0.05) is 36.4 Å². The Balaban J connectivity index is 2.20. The van der Waals surface area contributed by atoms with Crippen LogP contribution in [0, 0.1) is 13.8 Å². The molecule has 0 spiro atoms. The Morgan fingerprint density at radius 3 is 1.89 bits per heavy atom. The van der Waals surface area contributed by atoms with Gasteiger partial charge in [-0.05, 0) is 37.1 Å². The summed E-state index contributed by atoms with van der Waals surface area (Å²) < 4.78 is 9.99. The van der Waals surface area contributed by atoms with Gasteiger partial charge in [0.25, 0.3) is 0 Å². The second-order valence-electron chi connectivity index (χ2n) is 6.65. The Labute approximate surface area is 165 Å². The van der Waals surface area contributed by atoms with Crippen molar-refractivity contribution in [1.82, 2.24) is 0 Å². The zero-order valence-corrected chi connectivity index (χ0v) is 16.6. The topological polar surface area (TPSA) is 59.1 Å². The molecule has 0 aromatic heterocycles. The van der Waals surface area contributed by atoms with Crippen LogP contribution in [0.15, 0.2) is 59.8 Å². The van der Waals surface area contributed by atoms with E-state index in [1.54, 1.807) is 0 Å². The smallest absolute Gasteiger partial charge is 0.355 e. The molecule has 0 aliphatic carbocycles. The van der Waals surface area contributed by atoms with E-state index in [1.807, 2.05) is 67.3 Å². The number of carbonyl (C=O) groups is 2. The minimum atomic E-state index is -0.562. The van der Waals surface area contributed by atoms with Crippen LogP contribution in [0.2, 0.25) is 0 Å². The largest absolute Gasteiger partial charge is 0.466 e. The lowest BCUT2D eigenvalue weighted by molar-refractivity contribution is -0.139. The van der Waals surface area contributed by atoms with Crippen molar-refractivity contribution in [1.29, 1.82) is 0 Å². The van der Waals surface area contributed by atoms with Crippen molar-refractivity contribution in [3.63, 3.8) is 0 Å². The lowest BCUT2D eigenvalue weighted by atomic mass is 10.1. The Morgan fingerprint density at radius 2 is 1.36 bits per heavy atom. The van der Waals surface area contributed by atoms with Crippen LogP contribution in [0.1, 0.15) is 11.1 Å². The summed E-state index contributed by atoms with van der Waals surface area (Å²) in [5, 5.41) is 0. The number of anilines is 2. The lowest BCUT2D eigenvalue weighted by Crippen LogP contribution is -2.48. The molecule has 6 nitrogen and oxygen atoms in total. The molecule has 1 aliphatic rings. The fraction of sp³-hybridized carbons (Fsp3) is 0.273. The molecule has 0 atom stereocenters. The van der Waals surface area contributed by atoms with Crippen LogP contribution in [-0.2, 0) is 19.1 Å². The van der Waals surface area contributed by atoms with E-state index in [4.69, 9.17) is 9.47 Å². The molecule has 0 saturated heterocycles. The van der Waals surface area contributed by atoms with Crippen LogP contribution in [0.4, 0.5) is 11.4 Å². The van der Waals surface area contributed by atoms with E-state index < -0.39 is 11.9 Å². The van der Waals surface area contributed by atoms with Crippen molar-refractivity contribution >= 4 is 23.3 Å². The minimum absolute atomic E-state index is 0.216. The van der Waals surface area contributed by atoms with Gasteiger partial charge in [-0.15, -0.1) is 0 Å². The van der Waals surface area contributed by atoms with E-state index >= 15 is 0 Å². The van der Waals surface area contributed by atoms with Gasteiger partial charge < -0.3 is 19.3 Å². The second kappa shape index (κ2) is 8.17. The van der Waals surface area contributed by atoms with Gasteiger partial charge in [-0.2, -0.15) is 0 Å². The van der Waals surface area contributed by atoms with Gasteiger partial charge in [0.15, 0.2) is 0 Å². The van der Waals surface area contributed by atoms with Crippen LogP contribution in [0.25, 0.3) is 0 Å². The van der Waals surface area contributed by atoms with Gasteiger partial charge in [0.05, 0.1) is 33.0 Å². The standard InChI is InChI=1S/C22H24N2O4/c1-15-9-5-7-11-18(15)23-13-17(21(25)27-3)20(22(26)28-4)24(14-23)19-12-8-6-10-16(19)2/h5-12H,13-14H2,1-4H3. The summed E-state index contributed by atoms with van der Waals surface area (Å²) in [5.41, 5.74) is 4.38. The fourth-order valence-corrected chi connectivity index (χ4v) is 3.48. The highest BCUT2D eigenvalue weighted by atomic mass is 16.5. The summed E-state index contributed by atoms with van der Waals surface area (Å²) in [5.74, 6) is -1.11. The molecular formula is C22H24N2O4.